The highest BCUT2D eigenvalue weighted by molar-refractivity contribution is 7.91. The fourth-order valence-corrected chi connectivity index (χ4v) is 5.19. The summed E-state index contributed by atoms with van der Waals surface area (Å²) in [5.41, 5.74) is 1.96. The standard InChI is InChI=1S/C19H21N3O5S2/c1-4-12-5-7-13(8-6-12)18-20-17(21-27-18)14-9-10-15(28-14)29(25,26)22-16(11(2)3)19(23)24/h5-11,16,22H,4H2,1-3H3,(H,23,24)/t16-/m1/s1. The topological polar surface area (TPSA) is 122 Å². The van der Waals surface area contributed by atoms with E-state index >= 15 is 0 Å². The van der Waals surface area contributed by atoms with Crippen LogP contribution in [0.1, 0.15) is 26.3 Å². The van der Waals surface area contributed by atoms with Gasteiger partial charge >= 0.3 is 5.97 Å². The van der Waals surface area contributed by atoms with Gasteiger partial charge in [0.05, 0.1) is 4.88 Å². The van der Waals surface area contributed by atoms with E-state index in [0.29, 0.717) is 10.8 Å². The fourth-order valence-electron chi connectivity index (χ4n) is 2.61. The number of rotatable bonds is 8. The predicted octanol–water partition coefficient (Wildman–Crippen LogP) is 3.42. The number of hydrogen-bond acceptors (Lipinski definition) is 7. The molecule has 0 bridgehead atoms. The second-order valence-corrected chi connectivity index (χ2v) is 9.80. The lowest BCUT2D eigenvalue weighted by Gasteiger charge is -2.17. The highest BCUT2D eigenvalue weighted by atomic mass is 32.2. The number of benzene rings is 1. The van der Waals surface area contributed by atoms with Gasteiger partial charge in [0, 0.05) is 5.56 Å². The first kappa shape index (κ1) is 21.2. The third-order valence-electron chi connectivity index (χ3n) is 4.32. The van der Waals surface area contributed by atoms with Crippen LogP contribution < -0.4 is 4.72 Å². The Morgan fingerprint density at radius 2 is 1.90 bits per heavy atom. The maximum absolute atomic E-state index is 12.6. The minimum absolute atomic E-state index is 0.0157. The summed E-state index contributed by atoms with van der Waals surface area (Å²) in [5, 5.41) is 13.2. The molecule has 10 heteroatoms. The molecular formula is C19H21N3O5S2. The van der Waals surface area contributed by atoms with Crippen molar-refractivity contribution in [2.24, 2.45) is 5.92 Å². The van der Waals surface area contributed by atoms with E-state index < -0.39 is 28.0 Å². The van der Waals surface area contributed by atoms with Gasteiger partial charge in [-0.25, -0.2) is 8.42 Å². The van der Waals surface area contributed by atoms with Gasteiger partial charge in [0.15, 0.2) is 0 Å². The molecule has 29 heavy (non-hydrogen) atoms. The smallest absolute Gasteiger partial charge is 0.322 e. The van der Waals surface area contributed by atoms with Crippen LogP contribution in [0, 0.1) is 5.92 Å². The molecule has 0 saturated carbocycles. The van der Waals surface area contributed by atoms with Crippen LogP contribution in [0.15, 0.2) is 45.1 Å². The van der Waals surface area contributed by atoms with Gasteiger partial charge in [-0.2, -0.15) is 9.71 Å². The molecule has 3 rings (SSSR count). The van der Waals surface area contributed by atoms with Gasteiger partial charge in [-0.3, -0.25) is 4.79 Å². The molecule has 0 fully saturated rings. The Kier molecular flexibility index (Phi) is 6.15. The van der Waals surface area contributed by atoms with E-state index in [-0.39, 0.29) is 10.0 Å². The largest absolute Gasteiger partial charge is 0.480 e. The number of thiophene rings is 1. The van der Waals surface area contributed by atoms with Crippen molar-refractivity contribution >= 4 is 27.3 Å². The van der Waals surface area contributed by atoms with Crippen LogP contribution in [0.2, 0.25) is 0 Å². The molecule has 0 unspecified atom stereocenters. The fraction of sp³-hybridized carbons (Fsp3) is 0.316. The monoisotopic (exact) mass is 435 g/mol. The molecule has 0 amide bonds. The third kappa shape index (κ3) is 4.72. The normalized spacial score (nSPS) is 13.0. The molecule has 2 aromatic heterocycles. The Hall–Kier alpha value is -2.56. The molecule has 2 heterocycles. The summed E-state index contributed by atoms with van der Waals surface area (Å²) in [6, 6.07) is 9.49. The van der Waals surface area contributed by atoms with E-state index in [0.717, 1.165) is 23.3 Å². The number of carboxylic acids is 1. The van der Waals surface area contributed by atoms with Crippen LogP contribution in [0.5, 0.6) is 0 Å². The minimum atomic E-state index is -3.99. The van der Waals surface area contributed by atoms with Crippen LogP contribution in [0.25, 0.3) is 22.2 Å². The van der Waals surface area contributed by atoms with Gasteiger partial charge in [0.25, 0.3) is 15.9 Å². The first-order chi connectivity index (χ1) is 13.7. The lowest BCUT2D eigenvalue weighted by molar-refractivity contribution is -0.140. The van der Waals surface area contributed by atoms with Gasteiger partial charge in [0.2, 0.25) is 5.82 Å². The average Bonchev–Trinajstić information content (AvgIpc) is 3.35. The van der Waals surface area contributed by atoms with Crippen LogP contribution in [-0.4, -0.2) is 35.7 Å². The maximum Gasteiger partial charge on any atom is 0.322 e. The highest BCUT2D eigenvalue weighted by Gasteiger charge is 2.29. The third-order valence-corrected chi connectivity index (χ3v) is 7.33. The Balaban J connectivity index is 1.82. The number of aliphatic carboxylic acids is 1. The van der Waals surface area contributed by atoms with Crippen molar-refractivity contribution in [2.75, 3.05) is 0 Å². The first-order valence-corrected chi connectivity index (χ1v) is 11.3. The van der Waals surface area contributed by atoms with Crippen molar-refractivity contribution in [3.8, 4) is 22.2 Å². The van der Waals surface area contributed by atoms with Gasteiger partial charge < -0.3 is 9.63 Å². The summed E-state index contributed by atoms with van der Waals surface area (Å²) in [4.78, 5) is 16.1. The number of carboxylic acid groups (broad SMARTS) is 1. The summed E-state index contributed by atoms with van der Waals surface area (Å²) in [6.45, 7) is 5.33. The SMILES string of the molecule is CCc1ccc(-c2nc(-c3ccc(S(=O)(=O)N[C@@H](C(=O)O)C(C)C)s3)no2)cc1. The molecule has 0 radical (unpaired) electrons. The first-order valence-electron chi connectivity index (χ1n) is 8.99. The summed E-state index contributed by atoms with van der Waals surface area (Å²) in [5.74, 6) is -1.02. The van der Waals surface area contributed by atoms with E-state index in [1.165, 1.54) is 11.6 Å². The second-order valence-electron chi connectivity index (χ2n) is 6.77. The second kappa shape index (κ2) is 8.44. The summed E-state index contributed by atoms with van der Waals surface area (Å²) >= 11 is 0.945. The number of sulfonamides is 1. The van der Waals surface area contributed by atoms with Crippen molar-refractivity contribution in [3.05, 3.63) is 42.0 Å². The highest BCUT2D eigenvalue weighted by Crippen LogP contribution is 2.30. The minimum Gasteiger partial charge on any atom is -0.480 e. The average molecular weight is 436 g/mol. The van der Waals surface area contributed by atoms with Gasteiger partial charge in [-0.15, -0.1) is 11.3 Å². The number of nitrogens with zero attached hydrogens (tertiary/aromatic N) is 2. The van der Waals surface area contributed by atoms with Crippen molar-refractivity contribution in [1.29, 1.82) is 0 Å². The number of aryl methyl sites for hydroxylation is 1. The lowest BCUT2D eigenvalue weighted by Crippen LogP contribution is -2.43. The Morgan fingerprint density at radius 3 is 2.48 bits per heavy atom. The number of hydrogen-bond donors (Lipinski definition) is 2. The van der Waals surface area contributed by atoms with E-state index in [9.17, 15) is 18.3 Å². The van der Waals surface area contributed by atoms with E-state index in [4.69, 9.17) is 4.52 Å². The number of nitrogens with one attached hydrogen (secondary N) is 1. The molecule has 2 N–H and O–H groups in total. The number of aromatic nitrogens is 2. The zero-order chi connectivity index (χ0) is 21.2. The van der Waals surface area contributed by atoms with Crippen LogP contribution in [-0.2, 0) is 21.2 Å². The molecule has 3 aromatic rings. The molecular weight excluding hydrogens is 414 g/mol. The van der Waals surface area contributed by atoms with Gasteiger partial charge in [0.1, 0.15) is 10.3 Å². The quantitative estimate of drug-likeness (QED) is 0.556. The Bertz CT molecular complexity index is 1100. The molecule has 0 saturated heterocycles. The Labute approximate surface area is 172 Å². The zero-order valence-electron chi connectivity index (χ0n) is 16.1. The van der Waals surface area contributed by atoms with Crippen molar-refractivity contribution in [1.82, 2.24) is 14.9 Å². The van der Waals surface area contributed by atoms with Gasteiger partial charge in [-0.1, -0.05) is 38.1 Å². The lowest BCUT2D eigenvalue weighted by atomic mass is 10.1. The van der Waals surface area contributed by atoms with Crippen molar-refractivity contribution in [2.45, 2.75) is 37.4 Å². The molecule has 0 aliphatic rings. The summed E-state index contributed by atoms with van der Waals surface area (Å²) in [6.07, 6.45) is 0.926. The molecule has 0 aliphatic carbocycles. The van der Waals surface area contributed by atoms with Gasteiger partial charge in [-0.05, 0) is 42.2 Å². The van der Waals surface area contributed by atoms with Crippen LogP contribution in [0.3, 0.4) is 0 Å². The summed E-state index contributed by atoms with van der Waals surface area (Å²) in [7, 11) is -3.99. The summed E-state index contributed by atoms with van der Waals surface area (Å²) < 4.78 is 32.6. The van der Waals surface area contributed by atoms with E-state index in [1.54, 1.807) is 19.9 Å². The van der Waals surface area contributed by atoms with Crippen molar-refractivity contribution in [3.63, 3.8) is 0 Å². The molecule has 1 atom stereocenters. The van der Waals surface area contributed by atoms with E-state index in [1.807, 2.05) is 24.3 Å². The molecule has 0 aliphatic heterocycles. The van der Waals surface area contributed by atoms with Crippen LogP contribution in [0.4, 0.5) is 0 Å². The molecule has 1 aromatic carbocycles. The van der Waals surface area contributed by atoms with Crippen LogP contribution >= 0.6 is 11.3 Å². The maximum atomic E-state index is 12.6. The van der Waals surface area contributed by atoms with E-state index in [2.05, 4.69) is 21.8 Å². The molecule has 0 spiro atoms. The Morgan fingerprint density at radius 1 is 1.21 bits per heavy atom. The number of carbonyl (C=O) groups is 1. The molecule has 154 valence electrons. The zero-order valence-corrected chi connectivity index (χ0v) is 17.8. The predicted molar refractivity (Wildman–Crippen MR) is 109 cm³/mol. The molecule has 8 nitrogen and oxygen atoms in total. The van der Waals surface area contributed by atoms with Crippen molar-refractivity contribution < 1.29 is 22.8 Å².